The van der Waals surface area contributed by atoms with Gasteiger partial charge in [-0.25, -0.2) is 13.4 Å². The highest BCUT2D eigenvalue weighted by atomic mass is 79.9. The van der Waals surface area contributed by atoms with Crippen LogP contribution >= 0.6 is 27.5 Å². The van der Waals surface area contributed by atoms with E-state index in [2.05, 4.69) is 25.6 Å². The number of aromatic nitrogens is 1. The van der Waals surface area contributed by atoms with Gasteiger partial charge >= 0.3 is 0 Å². The zero-order valence-electron chi connectivity index (χ0n) is 14.1. The second-order valence-electron chi connectivity index (χ2n) is 5.56. The van der Waals surface area contributed by atoms with Gasteiger partial charge in [-0.05, 0) is 42.5 Å². The molecule has 0 atom stereocenters. The lowest BCUT2D eigenvalue weighted by atomic mass is 10.2. The van der Waals surface area contributed by atoms with Crippen molar-refractivity contribution in [3.8, 4) is 11.6 Å². The Hall–Kier alpha value is -2.62. The Bertz CT molecular complexity index is 1140. The second kappa shape index (κ2) is 8.17. The van der Waals surface area contributed by atoms with E-state index in [1.165, 1.54) is 36.5 Å². The zero-order chi connectivity index (χ0) is 20.3. The molecule has 0 saturated carbocycles. The average Bonchev–Trinajstić information content (AvgIpc) is 2.63. The minimum absolute atomic E-state index is 0.0547. The van der Waals surface area contributed by atoms with Crippen LogP contribution in [0.4, 0.5) is 5.69 Å². The number of rotatable bonds is 6. The van der Waals surface area contributed by atoms with Gasteiger partial charge in [0.2, 0.25) is 11.8 Å². The molecule has 2 aromatic carbocycles. The molecule has 0 bridgehead atoms. The molecule has 0 aliphatic carbocycles. The third kappa shape index (κ3) is 4.80. The van der Waals surface area contributed by atoms with Crippen LogP contribution in [-0.4, -0.2) is 19.3 Å². The van der Waals surface area contributed by atoms with Gasteiger partial charge in [0.1, 0.15) is 10.6 Å². The molecule has 0 radical (unpaired) electrons. The van der Waals surface area contributed by atoms with E-state index in [1.54, 1.807) is 24.3 Å². The Morgan fingerprint density at radius 2 is 1.93 bits per heavy atom. The summed E-state index contributed by atoms with van der Waals surface area (Å²) in [5.74, 6) is 0.0137. The summed E-state index contributed by atoms with van der Waals surface area (Å²) in [6.07, 6.45) is 1.30. The van der Waals surface area contributed by atoms with Gasteiger partial charge in [0.05, 0.1) is 16.9 Å². The Morgan fingerprint density at radius 3 is 2.57 bits per heavy atom. The topological polar surface area (TPSA) is 111 Å². The summed E-state index contributed by atoms with van der Waals surface area (Å²) in [7, 11) is -3.88. The number of sulfonamides is 1. The zero-order valence-corrected chi connectivity index (χ0v) is 17.3. The lowest BCUT2D eigenvalue weighted by Crippen LogP contribution is -2.13. The number of benzene rings is 2. The fraction of sp³-hybridized carbons (Fsp3) is 0. The van der Waals surface area contributed by atoms with Gasteiger partial charge in [0, 0.05) is 16.1 Å². The van der Waals surface area contributed by atoms with E-state index >= 15 is 0 Å². The van der Waals surface area contributed by atoms with E-state index in [4.69, 9.17) is 22.1 Å². The molecule has 7 nitrogen and oxygen atoms in total. The molecule has 1 amide bonds. The normalized spacial score (nSPS) is 11.1. The van der Waals surface area contributed by atoms with Crippen LogP contribution in [0.5, 0.6) is 11.6 Å². The first-order chi connectivity index (χ1) is 13.2. The van der Waals surface area contributed by atoms with Crippen LogP contribution in [0.3, 0.4) is 0 Å². The quantitative estimate of drug-likeness (QED) is 0.547. The lowest BCUT2D eigenvalue weighted by Gasteiger charge is -2.10. The van der Waals surface area contributed by atoms with Crippen LogP contribution in [0.15, 0.2) is 70.2 Å². The highest BCUT2D eigenvalue weighted by Gasteiger charge is 2.18. The van der Waals surface area contributed by atoms with Gasteiger partial charge in [-0.15, -0.1) is 0 Å². The van der Waals surface area contributed by atoms with Crippen molar-refractivity contribution < 1.29 is 17.9 Å². The van der Waals surface area contributed by atoms with Gasteiger partial charge in [-0.2, -0.15) is 0 Å². The molecule has 0 unspecified atom stereocenters. The Morgan fingerprint density at radius 1 is 1.14 bits per heavy atom. The van der Waals surface area contributed by atoms with Crippen LogP contribution in [0.2, 0.25) is 5.02 Å². The van der Waals surface area contributed by atoms with Crippen molar-refractivity contribution in [2.45, 2.75) is 4.90 Å². The number of carbonyl (C=O) groups is 1. The molecule has 10 heteroatoms. The van der Waals surface area contributed by atoms with Crippen molar-refractivity contribution in [3.05, 3.63) is 75.9 Å². The monoisotopic (exact) mass is 481 g/mol. The van der Waals surface area contributed by atoms with Crippen molar-refractivity contribution in [1.82, 2.24) is 4.98 Å². The summed E-state index contributed by atoms with van der Waals surface area (Å²) in [5, 5.41) is 0.0871. The molecular formula is C18H13BrClN3O4S. The summed E-state index contributed by atoms with van der Waals surface area (Å²) in [6.45, 7) is 0. The molecule has 1 aromatic heterocycles. The van der Waals surface area contributed by atoms with Crippen molar-refractivity contribution in [1.29, 1.82) is 0 Å². The number of ether oxygens (including phenoxy) is 1. The van der Waals surface area contributed by atoms with Crippen molar-refractivity contribution in [3.63, 3.8) is 0 Å². The second-order valence-corrected chi connectivity index (χ2v) is 8.53. The van der Waals surface area contributed by atoms with Crippen LogP contribution in [0, 0.1) is 0 Å². The SMILES string of the molecule is NC(=O)c1cccc(Oc2ccc(NS(=O)(=O)c3ccc(Br)cc3Cl)cn2)c1. The number of carbonyl (C=O) groups excluding carboxylic acids is 1. The molecule has 144 valence electrons. The first-order valence-electron chi connectivity index (χ1n) is 7.76. The largest absolute Gasteiger partial charge is 0.439 e. The van der Waals surface area contributed by atoms with Crippen LogP contribution in [0.25, 0.3) is 0 Å². The first-order valence-corrected chi connectivity index (χ1v) is 10.4. The summed E-state index contributed by atoms with van der Waals surface area (Å²) < 4.78 is 33.6. The van der Waals surface area contributed by atoms with Crippen LogP contribution in [0.1, 0.15) is 10.4 Å². The van der Waals surface area contributed by atoms with Gasteiger partial charge in [0.25, 0.3) is 10.0 Å². The number of nitrogens with zero attached hydrogens (tertiary/aromatic N) is 1. The fourth-order valence-electron chi connectivity index (χ4n) is 2.24. The molecule has 0 spiro atoms. The molecule has 0 saturated heterocycles. The van der Waals surface area contributed by atoms with Gasteiger partial charge in [-0.1, -0.05) is 33.6 Å². The molecule has 0 fully saturated rings. The molecular weight excluding hydrogens is 470 g/mol. The molecule has 0 aliphatic heterocycles. The lowest BCUT2D eigenvalue weighted by molar-refractivity contribution is 0.1000. The highest BCUT2D eigenvalue weighted by molar-refractivity contribution is 9.10. The predicted molar refractivity (Wildman–Crippen MR) is 109 cm³/mol. The van der Waals surface area contributed by atoms with Crippen LogP contribution in [-0.2, 0) is 10.0 Å². The maximum absolute atomic E-state index is 12.5. The smallest absolute Gasteiger partial charge is 0.263 e. The predicted octanol–water partition coefficient (Wildman–Crippen LogP) is 4.19. The summed E-state index contributed by atoms with van der Waals surface area (Å²) in [4.78, 5) is 15.2. The van der Waals surface area contributed by atoms with E-state index in [9.17, 15) is 13.2 Å². The number of hydrogen-bond donors (Lipinski definition) is 2. The molecule has 0 aliphatic rings. The minimum atomic E-state index is -3.88. The van der Waals surface area contributed by atoms with E-state index in [0.29, 0.717) is 15.8 Å². The fourth-order valence-corrected chi connectivity index (χ4v) is 4.32. The third-order valence-electron chi connectivity index (χ3n) is 3.51. The van der Waals surface area contributed by atoms with E-state index in [-0.39, 0.29) is 21.5 Å². The van der Waals surface area contributed by atoms with Gasteiger partial charge in [0.15, 0.2) is 0 Å². The minimum Gasteiger partial charge on any atom is -0.439 e. The summed E-state index contributed by atoms with van der Waals surface area (Å²) in [5.41, 5.74) is 5.77. The van der Waals surface area contributed by atoms with Gasteiger partial charge < -0.3 is 10.5 Å². The number of nitrogens with two attached hydrogens (primary N) is 1. The number of pyridine rings is 1. The first kappa shape index (κ1) is 20.1. The van der Waals surface area contributed by atoms with Crippen molar-refractivity contribution >= 4 is 49.1 Å². The average molecular weight is 483 g/mol. The third-order valence-corrected chi connectivity index (χ3v) is 5.87. The molecule has 3 rings (SSSR count). The Labute approximate surface area is 174 Å². The number of anilines is 1. The number of nitrogens with one attached hydrogen (secondary N) is 1. The number of halogens is 2. The van der Waals surface area contributed by atoms with Crippen molar-refractivity contribution in [2.24, 2.45) is 5.73 Å². The van der Waals surface area contributed by atoms with Gasteiger partial charge in [-0.3, -0.25) is 9.52 Å². The van der Waals surface area contributed by atoms with E-state index in [1.807, 2.05) is 0 Å². The molecule has 3 aromatic rings. The molecule has 3 N–H and O–H groups in total. The standard InChI is InChI=1S/C18H13BrClN3O4S/c19-12-4-6-16(15(20)9-12)28(25,26)23-13-5-7-17(22-10-13)27-14-3-1-2-11(8-14)18(21)24/h1-10,23H,(H2,21,24). The number of primary amides is 1. The number of amides is 1. The maximum Gasteiger partial charge on any atom is 0.263 e. The molecule has 28 heavy (non-hydrogen) atoms. The van der Waals surface area contributed by atoms with E-state index < -0.39 is 15.9 Å². The van der Waals surface area contributed by atoms with E-state index in [0.717, 1.165) is 0 Å². The van der Waals surface area contributed by atoms with Crippen molar-refractivity contribution in [2.75, 3.05) is 4.72 Å². The Kier molecular flexibility index (Phi) is 5.87. The summed E-state index contributed by atoms with van der Waals surface area (Å²) >= 11 is 9.24. The summed E-state index contributed by atoms with van der Waals surface area (Å²) in [6, 6.07) is 13.7. The molecule has 1 heterocycles. The number of hydrogen-bond acceptors (Lipinski definition) is 5. The Balaban J connectivity index is 1.75. The van der Waals surface area contributed by atoms with Crippen LogP contribution < -0.4 is 15.2 Å². The maximum atomic E-state index is 12.5. The highest BCUT2D eigenvalue weighted by Crippen LogP contribution is 2.27.